The minimum absolute atomic E-state index is 0.0328. The molecule has 0 aliphatic heterocycles. The lowest BCUT2D eigenvalue weighted by Crippen LogP contribution is -2.58. The number of carboxylic acid groups (broad SMARTS) is 2. The van der Waals surface area contributed by atoms with E-state index in [0.717, 1.165) is 0 Å². The number of phenolic OH excluding ortho intramolecular Hbond substituents is 2. The Bertz CT molecular complexity index is 1220. The summed E-state index contributed by atoms with van der Waals surface area (Å²) in [6, 6.07) is 6.67. The first-order valence-corrected chi connectivity index (χ1v) is 12.9. The molecule has 2 aromatic rings. The summed E-state index contributed by atoms with van der Waals surface area (Å²) >= 11 is 0. The number of carboxylic acids is 2. The van der Waals surface area contributed by atoms with Crippen LogP contribution in [0.5, 0.6) is 11.5 Å². The van der Waals surface area contributed by atoms with E-state index in [0.29, 0.717) is 11.1 Å². The highest BCUT2D eigenvalue weighted by Gasteiger charge is 2.31. The fourth-order valence-corrected chi connectivity index (χ4v) is 3.96. The smallest absolute Gasteiger partial charge is 0.326 e. The standard InChI is InChI=1S/C28H36N4O9/c1-15(2)11-21(30-25(37)20(29)12-16-3-7-18(33)8-4-16)26(38)31-22(13-17-5-9-19(34)10-6-17)27(39)32-23(28(40)41)14-24(35)36/h3-10,15,20-23,33-34H,11-14,29H2,1-2H3,(H,30,37)(H,31,38)(H,32,39)(H,35,36)(H,40,41). The molecule has 222 valence electrons. The van der Waals surface area contributed by atoms with Gasteiger partial charge in [0, 0.05) is 6.42 Å². The Morgan fingerprint density at radius 3 is 1.59 bits per heavy atom. The second-order valence-electron chi connectivity index (χ2n) is 10.1. The highest BCUT2D eigenvalue weighted by atomic mass is 16.4. The summed E-state index contributed by atoms with van der Waals surface area (Å²) in [4.78, 5) is 61.9. The lowest BCUT2D eigenvalue weighted by Gasteiger charge is -2.26. The van der Waals surface area contributed by atoms with Gasteiger partial charge >= 0.3 is 11.9 Å². The first-order valence-electron chi connectivity index (χ1n) is 12.9. The van der Waals surface area contributed by atoms with Gasteiger partial charge in [-0.05, 0) is 54.2 Å². The van der Waals surface area contributed by atoms with E-state index >= 15 is 0 Å². The molecule has 2 rings (SSSR count). The van der Waals surface area contributed by atoms with Crippen LogP contribution < -0.4 is 21.7 Å². The molecule has 0 saturated carbocycles. The van der Waals surface area contributed by atoms with Crippen LogP contribution in [-0.4, -0.2) is 74.3 Å². The van der Waals surface area contributed by atoms with E-state index in [9.17, 15) is 39.3 Å². The molecule has 0 aliphatic rings. The van der Waals surface area contributed by atoms with E-state index in [4.69, 9.17) is 10.8 Å². The molecule has 41 heavy (non-hydrogen) atoms. The number of hydrogen-bond acceptors (Lipinski definition) is 8. The summed E-state index contributed by atoms with van der Waals surface area (Å²) in [5.74, 6) is -5.34. The Labute approximate surface area is 236 Å². The second kappa shape index (κ2) is 15.2. The summed E-state index contributed by atoms with van der Waals surface area (Å²) in [6.07, 6.45) is -0.687. The number of amides is 3. The van der Waals surface area contributed by atoms with Crippen LogP contribution in [0.15, 0.2) is 48.5 Å². The van der Waals surface area contributed by atoms with Gasteiger partial charge in [-0.15, -0.1) is 0 Å². The molecule has 13 nitrogen and oxygen atoms in total. The lowest BCUT2D eigenvalue weighted by atomic mass is 9.99. The molecule has 4 atom stereocenters. The Balaban J connectivity index is 2.23. The number of hydrogen-bond donors (Lipinski definition) is 8. The van der Waals surface area contributed by atoms with Gasteiger partial charge in [0.15, 0.2) is 0 Å². The fourth-order valence-electron chi connectivity index (χ4n) is 3.96. The number of nitrogens with one attached hydrogen (secondary N) is 3. The number of aliphatic carboxylic acids is 2. The van der Waals surface area contributed by atoms with Crippen molar-refractivity contribution in [1.82, 2.24) is 16.0 Å². The first-order chi connectivity index (χ1) is 19.2. The SMILES string of the molecule is CC(C)CC(NC(=O)C(N)Cc1ccc(O)cc1)C(=O)NC(Cc1ccc(O)cc1)C(=O)NC(CC(=O)O)C(=O)O. The van der Waals surface area contributed by atoms with Crippen molar-refractivity contribution in [3.8, 4) is 11.5 Å². The van der Waals surface area contributed by atoms with Crippen molar-refractivity contribution in [3.05, 3.63) is 59.7 Å². The molecule has 0 aliphatic carbocycles. The quantitative estimate of drug-likeness (QED) is 0.145. The van der Waals surface area contributed by atoms with Crippen molar-refractivity contribution >= 4 is 29.7 Å². The van der Waals surface area contributed by atoms with Crippen LogP contribution in [0.2, 0.25) is 0 Å². The zero-order chi connectivity index (χ0) is 30.7. The molecule has 2 aromatic carbocycles. The predicted molar refractivity (Wildman–Crippen MR) is 147 cm³/mol. The van der Waals surface area contributed by atoms with Crippen molar-refractivity contribution in [2.75, 3.05) is 0 Å². The van der Waals surface area contributed by atoms with Crippen molar-refractivity contribution < 1.29 is 44.4 Å². The van der Waals surface area contributed by atoms with Crippen LogP contribution in [0.3, 0.4) is 0 Å². The van der Waals surface area contributed by atoms with E-state index in [-0.39, 0.29) is 36.7 Å². The summed E-state index contributed by atoms with van der Waals surface area (Å²) in [5.41, 5.74) is 7.26. The molecule has 0 heterocycles. The third-order valence-corrected chi connectivity index (χ3v) is 6.07. The summed E-state index contributed by atoms with van der Waals surface area (Å²) < 4.78 is 0. The molecule has 0 saturated heterocycles. The summed E-state index contributed by atoms with van der Waals surface area (Å²) in [6.45, 7) is 3.65. The van der Waals surface area contributed by atoms with Crippen molar-refractivity contribution in [2.24, 2.45) is 11.7 Å². The summed E-state index contributed by atoms with van der Waals surface area (Å²) in [7, 11) is 0. The van der Waals surface area contributed by atoms with Gasteiger partial charge in [-0.1, -0.05) is 38.1 Å². The highest BCUT2D eigenvalue weighted by Crippen LogP contribution is 2.14. The monoisotopic (exact) mass is 572 g/mol. The molecular formula is C28H36N4O9. The van der Waals surface area contributed by atoms with Crippen LogP contribution in [0.4, 0.5) is 0 Å². The fraction of sp³-hybridized carbons (Fsp3) is 0.393. The zero-order valence-corrected chi connectivity index (χ0v) is 22.7. The number of aromatic hydroxyl groups is 2. The Morgan fingerprint density at radius 2 is 1.12 bits per heavy atom. The number of carbonyl (C=O) groups is 5. The summed E-state index contributed by atoms with van der Waals surface area (Å²) in [5, 5.41) is 44.7. The zero-order valence-electron chi connectivity index (χ0n) is 22.7. The first kappa shape index (κ1) is 32.6. The van der Waals surface area contributed by atoms with Gasteiger partial charge in [-0.25, -0.2) is 4.79 Å². The van der Waals surface area contributed by atoms with Gasteiger partial charge in [0.1, 0.15) is 29.6 Å². The van der Waals surface area contributed by atoms with Crippen LogP contribution in [0.1, 0.15) is 37.8 Å². The molecule has 3 amide bonds. The maximum absolute atomic E-state index is 13.4. The van der Waals surface area contributed by atoms with Crippen LogP contribution in [0, 0.1) is 5.92 Å². The van der Waals surface area contributed by atoms with Gasteiger partial charge in [-0.2, -0.15) is 0 Å². The molecule has 0 aromatic heterocycles. The molecule has 9 N–H and O–H groups in total. The van der Waals surface area contributed by atoms with E-state index in [1.165, 1.54) is 36.4 Å². The molecule has 4 unspecified atom stereocenters. The Morgan fingerprint density at radius 1 is 0.683 bits per heavy atom. The van der Waals surface area contributed by atoms with Gasteiger partial charge in [0.05, 0.1) is 12.5 Å². The average Bonchev–Trinajstić information content (AvgIpc) is 2.89. The molecule has 0 bridgehead atoms. The largest absolute Gasteiger partial charge is 0.508 e. The maximum atomic E-state index is 13.4. The molecular weight excluding hydrogens is 536 g/mol. The Kier molecular flexibility index (Phi) is 12.1. The normalized spacial score (nSPS) is 13.9. The van der Waals surface area contributed by atoms with Gasteiger partial charge in [0.25, 0.3) is 0 Å². The lowest BCUT2D eigenvalue weighted by molar-refractivity contribution is -0.147. The highest BCUT2D eigenvalue weighted by molar-refractivity contribution is 5.94. The second-order valence-corrected chi connectivity index (χ2v) is 10.1. The number of benzene rings is 2. The number of phenols is 2. The number of rotatable bonds is 15. The third-order valence-electron chi connectivity index (χ3n) is 6.07. The van der Waals surface area contributed by atoms with Gasteiger partial charge < -0.3 is 42.1 Å². The van der Waals surface area contributed by atoms with E-state index < -0.39 is 60.2 Å². The van der Waals surface area contributed by atoms with Crippen molar-refractivity contribution in [2.45, 2.75) is 63.7 Å². The molecule has 0 spiro atoms. The molecule has 0 fully saturated rings. The number of nitrogens with two attached hydrogens (primary N) is 1. The molecule has 13 heteroatoms. The molecule has 0 radical (unpaired) electrons. The average molecular weight is 573 g/mol. The van der Waals surface area contributed by atoms with E-state index in [1.54, 1.807) is 12.1 Å². The third kappa shape index (κ3) is 11.2. The van der Waals surface area contributed by atoms with Crippen molar-refractivity contribution in [3.63, 3.8) is 0 Å². The maximum Gasteiger partial charge on any atom is 0.326 e. The van der Waals surface area contributed by atoms with Crippen molar-refractivity contribution in [1.29, 1.82) is 0 Å². The van der Waals surface area contributed by atoms with E-state index in [2.05, 4.69) is 16.0 Å². The Hall–Kier alpha value is -4.65. The van der Waals surface area contributed by atoms with Crippen LogP contribution in [-0.2, 0) is 36.8 Å². The topological polar surface area (TPSA) is 228 Å². The van der Waals surface area contributed by atoms with Crippen LogP contribution in [0.25, 0.3) is 0 Å². The minimum Gasteiger partial charge on any atom is -0.508 e. The van der Waals surface area contributed by atoms with Crippen LogP contribution >= 0.6 is 0 Å². The van der Waals surface area contributed by atoms with Gasteiger partial charge in [-0.3, -0.25) is 19.2 Å². The number of carbonyl (C=O) groups excluding carboxylic acids is 3. The van der Waals surface area contributed by atoms with E-state index in [1.807, 2.05) is 13.8 Å². The minimum atomic E-state index is -1.75. The predicted octanol–water partition coefficient (Wildman–Crippen LogP) is 0.270. The van der Waals surface area contributed by atoms with Gasteiger partial charge in [0.2, 0.25) is 17.7 Å².